The summed E-state index contributed by atoms with van der Waals surface area (Å²) in [6.45, 7) is 0. The van der Waals surface area contributed by atoms with Crippen LogP contribution in [0.5, 0.6) is 0 Å². The second kappa shape index (κ2) is 7.50. The molecule has 4 nitrogen and oxygen atoms in total. The van der Waals surface area contributed by atoms with E-state index in [1.165, 1.54) is 6.07 Å². The minimum Gasteiger partial charge on any atom is -0.322 e. The third-order valence-electron chi connectivity index (χ3n) is 4.34. The molecule has 0 saturated carbocycles. The second-order valence-corrected chi connectivity index (χ2v) is 7.16. The lowest BCUT2D eigenvalue weighted by molar-refractivity contribution is 0.102. The van der Waals surface area contributed by atoms with Crippen LogP contribution in [-0.2, 0) is 0 Å². The lowest BCUT2D eigenvalue weighted by Gasteiger charge is -2.08. The SMILES string of the molecule is O=C(Nc1cc(Cl)cc(Cl)c1)c1ccc(-c2ccc3ccccc3c2)[nH]c1=O. The Morgan fingerprint density at radius 3 is 2.25 bits per heavy atom. The van der Waals surface area contributed by atoms with Crippen LogP contribution in [0.1, 0.15) is 10.4 Å². The number of rotatable bonds is 3. The van der Waals surface area contributed by atoms with Crippen LogP contribution in [0.3, 0.4) is 0 Å². The number of fused-ring (bicyclic) bond motifs is 1. The smallest absolute Gasteiger partial charge is 0.261 e. The summed E-state index contributed by atoms with van der Waals surface area (Å²) >= 11 is 11.9. The number of aromatic nitrogens is 1. The molecule has 28 heavy (non-hydrogen) atoms. The van der Waals surface area contributed by atoms with E-state index < -0.39 is 11.5 Å². The molecule has 0 bridgehead atoms. The van der Waals surface area contributed by atoms with Crippen LogP contribution in [-0.4, -0.2) is 10.9 Å². The number of nitrogens with one attached hydrogen (secondary N) is 2. The number of aromatic amines is 1. The van der Waals surface area contributed by atoms with Gasteiger partial charge in [-0.2, -0.15) is 0 Å². The largest absolute Gasteiger partial charge is 0.322 e. The molecule has 1 heterocycles. The fraction of sp³-hybridized carbons (Fsp3) is 0. The maximum absolute atomic E-state index is 12.5. The standard InChI is InChI=1S/C22H14Cl2N2O2/c23-16-10-17(24)12-18(11-16)25-21(27)19-7-8-20(26-22(19)28)15-6-5-13-3-1-2-4-14(13)9-15/h1-12H,(H,25,27)(H,26,28). The molecular formula is C22H14Cl2N2O2. The van der Waals surface area contributed by atoms with E-state index >= 15 is 0 Å². The molecule has 3 aromatic carbocycles. The number of anilines is 1. The van der Waals surface area contributed by atoms with Gasteiger partial charge in [0.1, 0.15) is 5.56 Å². The van der Waals surface area contributed by atoms with Crippen LogP contribution in [0.25, 0.3) is 22.0 Å². The van der Waals surface area contributed by atoms with Gasteiger partial charge >= 0.3 is 0 Å². The topological polar surface area (TPSA) is 62.0 Å². The van der Waals surface area contributed by atoms with Gasteiger partial charge in [0, 0.05) is 21.4 Å². The van der Waals surface area contributed by atoms with Crippen molar-refractivity contribution in [1.29, 1.82) is 0 Å². The predicted octanol–water partition coefficient (Wildman–Crippen LogP) is 5.75. The van der Waals surface area contributed by atoms with Crippen molar-refractivity contribution < 1.29 is 4.79 Å². The molecule has 4 rings (SSSR count). The minimum absolute atomic E-state index is 0.000590. The first kappa shape index (κ1) is 18.3. The minimum atomic E-state index is -0.537. The normalized spacial score (nSPS) is 10.8. The lowest BCUT2D eigenvalue weighted by atomic mass is 10.0. The summed E-state index contributed by atoms with van der Waals surface area (Å²) in [4.78, 5) is 27.7. The Bertz CT molecular complexity index is 1240. The summed E-state index contributed by atoms with van der Waals surface area (Å²) in [5, 5.41) is 5.61. The molecule has 138 valence electrons. The highest BCUT2D eigenvalue weighted by molar-refractivity contribution is 6.35. The highest BCUT2D eigenvalue weighted by atomic mass is 35.5. The molecular weight excluding hydrogens is 395 g/mol. The van der Waals surface area contributed by atoms with Gasteiger partial charge in [0.15, 0.2) is 0 Å². The van der Waals surface area contributed by atoms with E-state index in [9.17, 15) is 9.59 Å². The van der Waals surface area contributed by atoms with E-state index in [4.69, 9.17) is 23.2 Å². The Morgan fingerprint density at radius 2 is 1.54 bits per heavy atom. The van der Waals surface area contributed by atoms with Gasteiger partial charge in [-0.25, -0.2) is 0 Å². The van der Waals surface area contributed by atoms with Crippen molar-refractivity contribution in [1.82, 2.24) is 4.98 Å². The molecule has 4 aromatic rings. The molecule has 0 aliphatic carbocycles. The van der Waals surface area contributed by atoms with Gasteiger partial charge in [0.2, 0.25) is 0 Å². The summed E-state index contributed by atoms with van der Waals surface area (Å²) in [5.41, 5.74) is 1.44. The quantitative estimate of drug-likeness (QED) is 0.452. The highest BCUT2D eigenvalue weighted by Gasteiger charge is 2.13. The van der Waals surface area contributed by atoms with E-state index in [-0.39, 0.29) is 5.56 Å². The number of hydrogen-bond donors (Lipinski definition) is 2. The third kappa shape index (κ3) is 3.79. The van der Waals surface area contributed by atoms with Gasteiger partial charge in [-0.3, -0.25) is 9.59 Å². The zero-order valence-electron chi connectivity index (χ0n) is 14.5. The lowest BCUT2D eigenvalue weighted by Crippen LogP contribution is -2.23. The van der Waals surface area contributed by atoms with Gasteiger partial charge in [-0.05, 0) is 52.7 Å². The first-order valence-corrected chi connectivity index (χ1v) is 9.25. The van der Waals surface area contributed by atoms with E-state index in [1.807, 2.05) is 42.5 Å². The number of hydrogen-bond acceptors (Lipinski definition) is 2. The van der Waals surface area contributed by atoms with Gasteiger partial charge in [-0.15, -0.1) is 0 Å². The molecule has 0 saturated heterocycles. The number of carbonyl (C=O) groups excluding carboxylic acids is 1. The van der Waals surface area contributed by atoms with Crippen molar-refractivity contribution in [2.24, 2.45) is 0 Å². The Kier molecular flexibility index (Phi) is 4.90. The summed E-state index contributed by atoms with van der Waals surface area (Å²) in [6, 6.07) is 21.8. The highest BCUT2D eigenvalue weighted by Crippen LogP contribution is 2.24. The van der Waals surface area contributed by atoms with Crippen LogP contribution < -0.4 is 10.9 Å². The molecule has 0 spiro atoms. The number of carbonyl (C=O) groups is 1. The molecule has 0 fully saturated rings. The average Bonchev–Trinajstić information content (AvgIpc) is 2.66. The maximum Gasteiger partial charge on any atom is 0.261 e. The van der Waals surface area contributed by atoms with Crippen molar-refractivity contribution in [2.45, 2.75) is 0 Å². The van der Waals surface area contributed by atoms with Gasteiger partial charge in [-0.1, -0.05) is 59.6 Å². The van der Waals surface area contributed by atoms with Crippen molar-refractivity contribution in [3.63, 3.8) is 0 Å². The molecule has 0 aliphatic heterocycles. The van der Waals surface area contributed by atoms with Crippen molar-refractivity contribution in [3.05, 3.63) is 98.8 Å². The molecule has 0 radical (unpaired) electrons. The summed E-state index contributed by atoms with van der Waals surface area (Å²) < 4.78 is 0. The Morgan fingerprint density at radius 1 is 0.821 bits per heavy atom. The van der Waals surface area contributed by atoms with Crippen molar-refractivity contribution in [2.75, 3.05) is 5.32 Å². The molecule has 0 unspecified atom stereocenters. The van der Waals surface area contributed by atoms with Crippen molar-refractivity contribution in [3.8, 4) is 11.3 Å². The molecule has 0 atom stereocenters. The number of H-pyrrole nitrogens is 1. The first-order chi connectivity index (χ1) is 13.5. The van der Waals surface area contributed by atoms with Crippen LogP contribution >= 0.6 is 23.2 Å². The van der Waals surface area contributed by atoms with Gasteiger partial charge < -0.3 is 10.3 Å². The zero-order valence-corrected chi connectivity index (χ0v) is 16.0. The van der Waals surface area contributed by atoms with E-state index in [0.717, 1.165) is 16.3 Å². The molecule has 0 aliphatic rings. The van der Waals surface area contributed by atoms with Gasteiger partial charge in [0.05, 0.1) is 0 Å². The van der Waals surface area contributed by atoms with E-state index in [2.05, 4.69) is 10.3 Å². The number of amides is 1. The average molecular weight is 409 g/mol. The van der Waals surface area contributed by atoms with Crippen molar-refractivity contribution >= 4 is 45.6 Å². The second-order valence-electron chi connectivity index (χ2n) is 6.29. The molecule has 1 amide bonds. The monoisotopic (exact) mass is 408 g/mol. The summed E-state index contributed by atoms with van der Waals surface area (Å²) in [5.74, 6) is -0.537. The Hall–Kier alpha value is -3.08. The molecule has 2 N–H and O–H groups in total. The predicted molar refractivity (Wildman–Crippen MR) is 114 cm³/mol. The molecule has 1 aromatic heterocycles. The van der Waals surface area contributed by atoms with E-state index in [0.29, 0.717) is 21.4 Å². The van der Waals surface area contributed by atoms with E-state index in [1.54, 1.807) is 24.3 Å². The number of benzene rings is 3. The third-order valence-corrected chi connectivity index (χ3v) is 4.77. The number of halogens is 2. The Balaban J connectivity index is 1.63. The molecule has 6 heteroatoms. The fourth-order valence-corrected chi connectivity index (χ4v) is 3.53. The zero-order chi connectivity index (χ0) is 19.7. The van der Waals surface area contributed by atoms with Crippen LogP contribution in [0.15, 0.2) is 77.6 Å². The first-order valence-electron chi connectivity index (χ1n) is 8.49. The van der Waals surface area contributed by atoms with Crippen LogP contribution in [0, 0.1) is 0 Å². The summed E-state index contributed by atoms with van der Waals surface area (Å²) in [6.07, 6.45) is 0. The van der Waals surface area contributed by atoms with Gasteiger partial charge in [0.25, 0.3) is 11.5 Å². The fourth-order valence-electron chi connectivity index (χ4n) is 3.00. The maximum atomic E-state index is 12.5. The van der Waals surface area contributed by atoms with Crippen LogP contribution in [0.2, 0.25) is 10.0 Å². The Labute approximate surface area is 170 Å². The number of pyridine rings is 1. The van der Waals surface area contributed by atoms with Crippen LogP contribution in [0.4, 0.5) is 5.69 Å². The summed E-state index contributed by atoms with van der Waals surface area (Å²) in [7, 11) is 0.